The summed E-state index contributed by atoms with van der Waals surface area (Å²) in [5, 5.41) is 16.1. The fraction of sp³-hybridized carbons (Fsp3) is 0.412. The molecule has 1 aliphatic carbocycles. The molecule has 2 aliphatic rings. The number of nitrogens with zero attached hydrogens (tertiary/aromatic N) is 3. The second-order valence-corrected chi connectivity index (χ2v) is 6.54. The molecule has 1 aliphatic heterocycles. The quantitative estimate of drug-likeness (QED) is 0.890. The monoisotopic (exact) mass is 326 g/mol. The van der Waals surface area contributed by atoms with Crippen LogP contribution < -0.4 is 0 Å². The van der Waals surface area contributed by atoms with Crippen molar-refractivity contribution in [3.05, 3.63) is 36.2 Å². The average Bonchev–Trinajstić information content (AvgIpc) is 3.12. The van der Waals surface area contributed by atoms with E-state index in [0.29, 0.717) is 29.4 Å². The Morgan fingerprint density at radius 1 is 1.21 bits per heavy atom. The number of aromatic nitrogens is 3. The molecule has 2 heterocycles. The maximum atomic E-state index is 13.0. The Morgan fingerprint density at radius 3 is 2.67 bits per heavy atom. The van der Waals surface area contributed by atoms with Crippen LogP contribution in [0.2, 0.25) is 0 Å². The molecular formula is C17H18N4O3. The summed E-state index contributed by atoms with van der Waals surface area (Å²) in [5.74, 6) is -0.343. The van der Waals surface area contributed by atoms with Crippen molar-refractivity contribution in [2.24, 2.45) is 17.8 Å². The van der Waals surface area contributed by atoms with Crippen molar-refractivity contribution >= 4 is 11.9 Å². The molecule has 0 spiro atoms. The number of H-pyrrole nitrogens is 1. The maximum Gasteiger partial charge on any atom is 0.308 e. The third-order valence-electron chi connectivity index (χ3n) is 5.02. The number of carboxylic acid groups (broad SMARTS) is 1. The first-order chi connectivity index (χ1) is 11.6. The number of carbonyl (C=O) groups is 2. The van der Waals surface area contributed by atoms with Crippen LogP contribution in [0.25, 0.3) is 11.4 Å². The first-order valence-electron chi connectivity index (χ1n) is 8.12. The van der Waals surface area contributed by atoms with E-state index in [1.807, 2.05) is 12.1 Å². The van der Waals surface area contributed by atoms with Gasteiger partial charge in [0, 0.05) is 18.7 Å². The number of carbonyl (C=O) groups excluding carboxylic acids is 1. The molecular weight excluding hydrogens is 308 g/mol. The van der Waals surface area contributed by atoms with Gasteiger partial charge in [-0.3, -0.25) is 14.7 Å². The van der Waals surface area contributed by atoms with E-state index in [9.17, 15) is 14.7 Å². The Bertz CT molecular complexity index is 770. The van der Waals surface area contributed by atoms with Crippen molar-refractivity contribution in [3.8, 4) is 11.4 Å². The molecule has 2 aromatic rings. The molecule has 1 amide bonds. The van der Waals surface area contributed by atoms with E-state index in [1.54, 1.807) is 17.0 Å². The van der Waals surface area contributed by atoms with Crippen LogP contribution in [-0.2, 0) is 4.79 Å². The second-order valence-electron chi connectivity index (χ2n) is 6.54. The summed E-state index contributed by atoms with van der Waals surface area (Å²) in [6.07, 6.45) is 3.55. The maximum absolute atomic E-state index is 13.0. The second kappa shape index (κ2) is 5.74. The summed E-state index contributed by atoms with van der Waals surface area (Å²) in [7, 11) is 0. The summed E-state index contributed by atoms with van der Waals surface area (Å²) in [6, 6.07) is 7.21. The minimum absolute atomic E-state index is 0.0730. The van der Waals surface area contributed by atoms with E-state index < -0.39 is 11.9 Å². The number of carboxylic acids is 1. The summed E-state index contributed by atoms with van der Waals surface area (Å²) in [4.78, 5) is 30.3. The van der Waals surface area contributed by atoms with Crippen LogP contribution in [0.3, 0.4) is 0 Å². The molecule has 2 N–H and O–H groups in total. The number of aliphatic carboxylic acids is 1. The van der Waals surface area contributed by atoms with Gasteiger partial charge < -0.3 is 10.0 Å². The minimum Gasteiger partial charge on any atom is -0.481 e. The lowest BCUT2D eigenvalue weighted by molar-refractivity contribution is -0.142. The van der Waals surface area contributed by atoms with Crippen molar-refractivity contribution in [1.82, 2.24) is 20.1 Å². The summed E-state index contributed by atoms with van der Waals surface area (Å²) in [5.41, 5.74) is 1.21. The lowest BCUT2D eigenvalue weighted by Gasteiger charge is -2.18. The van der Waals surface area contributed by atoms with E-state index in [1.165, 1.54) is 6.33 Å². The topological polar surface area (TPSA) is 99.2 Å². The van der Waals surface area contributed by atoms with Gasteiger partial charge in [0.1, 0.15) is 6.33 Å². The largest absolute Gasteiger partial charge is 0.481 e. The van der Waals surface area contributed by atoms with Gasteiger partial charge in [0.25, 0.3) is 5.91 Å². The number of likely N-dealkylation sites (tertiary alicyclic amines) is 1. The predicted molar refractivity (Wildman–Crippen MR) is 85.1 cm³/mol. The SMILES string of the molecule is O=C(O)[C@@H]1CN(C(=O)c2ccccc2-c2ncn[nH]2)C[C@H]1C1CC1. The molecule has 1 saturated carbocycles. The lowest BCUT2D eigenvalue weighted by Crippen LogP contribution is -2.30. The molecule has 2 fully saturated rings. The summed E-state index contributed by atoms with van der Waals surface area (Å²) >= 11 is 0. The van der Waals surface area contributed by atoms with E-state index in [4.69, 9.17) is 0 Å². The van der Waals surface area contributed by atoms with Gasteiger partial charge in [-0.25, -0.2) is 4.98 Å². The highest BCUT2D eigenvalue weighted by Crippen LogP contribution is 2.44. The Hall–Kier alpha value is -2.70. The summed E-state index contributed by atoms with van der Waals surface area (Å²) in [6.45, 7) is 0.797. The third kappa shape index (κ3) is 2.55. The first kappa shape index (κ1) is 14.9. The summed E-state index contributed by atoms with van der Waals surface area (Å²) < 4.78 is 0. The van der Waals surface area contributed by atoms with Gasteiger partial charge in [-0.15, -0.1) is 0 Å². The van der Waals surface area contributed by atoms with Crippen molar-refractivity contribution in [1.29, 1.82) is 0 Å². The van der Waals surface area contributed by atoms with Crippen LogP contribution in [0.4, 0.5) is 0 Å². The fourth-order valence-corrected chi connectivity index (χ4v) is 3.64. The van der Waals surface area contributed by atoms with Crippen LogP contribution in [-0.4, -0.2) is 50.2 Å². The van der Waals surface area contributed by atoms with Gasteiger partial charge in [-0.05, 0) is 30.7 Å². The van der Waals surface area contributed by atoms with E-state index in [-0.39, 0.29) is 18.4 Å². The number of hydrogen-bond donors (Lipinski definition) is 2. The molecule has 0 unspecified atom stereocenters. The minimum atomic E-state index is -0.800. The van der Waals surface area contributed by atoms with Gasteiger partial charge in [0.2, 0.25) is 0 Å². The van der Waals surface area contributed by atoms with Crippen molar-refractivity contribution in [2.75, 3.05) is 13.1 Å². The van der Waals surface area contributed by atoms with Crippen LogP contribution in [0, 0.1) is 17.8 Å². The number of hydrogen-bond acceptors (Lipinski definition) is 4. The highest BCUT2D eigenvalue weighted by Gasteiger charge is 2.47. The van der Waals surface area contributed by atoms with Crippen LogP contribution in [0.5, 0.6) is 0 Å². The molecule has 24 heavy (non-hydrogen) atoms. The molecule has 124 valence electrons. The zero-order valence-corrected chi connectivity index (χ0v) is 13.1. The van der Waals surface area contributed by atoms with Crippen molar-refractivity contribution in [3.63, 3.8) is 0 Å². The Labute approximate surface area is 138 Å². The molecule has 2 atom stereocenters. The molecule has 4 rings (SSSR count). The van der Waals surface area contributed by atoms with E-state index >= 15 is 0 Å². The van der Waals surface area contributed by atoms with Crippen LogP contribution in [0.15, 0.2) is 30.6 Å². The van der Waals surface area contributed by atoms with Gasteiger partial charge >= 0.3 is 5.97 Å². The average molecular weight is 326 g/mol. The van der Waals surface area contributed by atoms with Crippen LogP contribution in [0.1, 0.15) is 23.2 Å². The lowest BCUT2D eigenvalue weighted by atomic mass is 9.92. The third-order valence-corrected chi connectivity index (χ3v) is 5.02. The molecule has 7 nitrogen and oxygen atoms in total. The highest BCUT2D eigenvalue weighted by molar-refractivity contribution is 6.00. The number of aromatic amines is 1. The van der Waals surface area contributed by atoms with Gasteiger partial charge in [-0.1, -0.05) is 18.2 Å². The van der Waals surface area contributed by atoms with E-state index in [0.717, 1.165) is 12.8 Å². The molecule has 0 bridgehead atoms. The Morgan fingerprint density at radius 2 is 2.00 bits per heavy atom. The van der Waals surface area contributed by atoms with Gasteiger partial charge in [-0.2, -0.15) is 5.10 Å². The Balaban J connectivity index is 1.62. The van der Waals surface area contributed by atoms with Gasteiger partial charge in [0.05, 0.1) is 11.5 Å². The number of benzene rings is 1. The molecule has 1 saturated heterocycles. The van der Waals surface area contributed by atoms with Crippen LogP contribution >= 0.6 is 0 Å². The highest BCUT2D eigenvalue weighted by atomic mass is 16.4. The number of nitrogens with one attached hydrogen (secondary N) is 1. The predicted octanol–water partition coefficient (Wildman–Crippen LogP) is 1.65. The molecule has 7 heteroatoms. The van der Waals surface area contributed by atoms with E-state index in [2.05, 4.69) is 15.2 Å². The zero-order valence-electron chi connectivity index (χ0n) is 13.1. The molecule has 0 radical (unpaired) electrons. The van der Waals surface area contributed by atoms with Crippen molar-refractivity contribution in [2.45, 2.75) is 12.8 Å². The smallest absolute Gasteiger partial charge is 0.308 e. The fourth-order valence-electron chi connectivity index (χ4n) is 3.64. The molecule has 1 aromatic heterocycles. The first-order valence-corrected chi connectivity index (χ1v) is 8.12. The van der Waals surface area contributed by atoms with Crippen molar-refractivity contribution < 1.29 is 14.7 Å². The Kier molecular flexibility index (Phi) is 3.55. The van der Waals surface area contributed by atoms with Gasteiger partial charge in [0.15, 0.2) is 5.82 Å². The normalized spacial score (nSPS) is 23.4. The standard InChI is InChI=1S/C17H18N4O3/c22-16(12-4-2-1-3-11(12)15-18-9-19-20-15)21-7-13(10-5-6-10)14(8-21)17(23)24/h1-4,9-10,13-14H,5-8H2,(H,23,24)(H,18,19,20)/t13-,14+/m0/s1. The number of rotatable bonds is 4. The molecule has 1 aromatic carbocycles. The number of amides is 1. The zero-order chi connectivity index (χ0) is 16.7.